The summed E-state index contributed by atoms with van der Waals surface area (Å²) >= 11 is 5.60. The standard InChI is InChI=1S/C18H25N3O3S/c1-19(2)6-5-7-20-17(22)14-8-12-9-15(23-3)16(24-4)10-13(12)11-21(14)18(20)25/h9-10,14H,5-8,11H2,1-4H3/p+1/t14-/m0/s1. The number of quaternary nitrogens is 1. The minimum Gasteiger partial charge on any atom is -0.493 e. The van der Waals surface area contributed by atoms with Crippen LogP contribution >= 0.6 is 12.2 Å². The smallest absolute Gasteiger partial charge is 0.251 e. The fourth-order valence-electron chi connectivity index (χ4n) is 3.56. The molecule has 1 aromatic rings. The van der Waals surface area contributed by atoms with Crippen molar-refractivity contribution in [2.75, 3.05) is 41.4 Å². The number of thiocarbonyl (C=S) groups is 1. The minimum atomic E-state index is -0.190. The lowest BCUT2D eigenvalue weighted by atomic mass is 9.94. The Labute approximate surface area is 154 Å². The van der Waals surface area contributed by atoms with Crippen LogP contribution in [0, 0.1) is 0 Å². The molecule has 3 rings (SSSR count). The molecule has 1 atom stereocenters. The van der Waals surface area contributed by atoms with Gasteiger partial charge in [-0.05, 0) is 35.5 Å². The highest BCUT2D eigenvalue weighted by atomic mass is 32.1. The lowest BCUT2D eigenvalue weighted by Gasteiger charge is -2.31. The molecule has 0 bridgehead atoms. The molecule has 0 aliphatic carbocycles. The highest BCUT2D eigenvalue weighted by Gasteiger charge is 2.44. The van der Waals surface area contributed by atoms with E-state index < -0.39 is 0 Å². The number of ether oxygens (including phenoxy) is 2. The van der Waals surface area contributed by atoms with Gasteiger partial charge in [0.05, 0.1) is 34.9 Å². The van der Waals surface area contributed by atoms with Crippen molar-refractivity contribution in [2.24, 2.45) is 0 Å². The monoisotopic (exact) mass is 364 g/mol. The molecule has 2 heterocycles. The first-order valence-electron chi connectivity index (χ1n) is 8.61. The number of amides is 1. The average molecular weight is 364 g/mol. The van der Waals surface area contributed by atoms with Crippen LogP contribution in [0.15, 0.2) is 12.1 Å². The molecule has 0 radical (unpaired) electrons. The first-order valence-corrected chi connectivity index (χ1v) is 9.02. The highest BCUT2D eigenvalue weighted by molar-refractivity contribution is 7.80. The van der Waals surface area contributed by atoms with Crippen LogP contribution in [0.3, 0.4) is 0 Å². The van der Waals surface area contributed by atoms with Crippen LogP contribution in [0.2, 0.25) is 0 Å². The first-order chi connectivity index (χ1) is 12.0. The van der Waals surface area contributed by atoms with Gasteiger partial charge in [0.2, 0.25) is 0 Å². The topological polar surface area (TPSA) is 46.5 Å². The fraction of sp³-hybridized carbons (Fsp3) is 0.556. The summed E-state index contributed by atoms with van der Waals surface area (Å²) in [5.41, 5.74) is 2.28. The molecule has 0 aromatic heterocycles. The van der Waals surface area contributed by atoms with Gasteiger partial charge in [0, 0.05) is 25.9 Å². The largest absolute Gasteiger partial charge is 0.493 e. The summed E-state index contributed by atoms with van der Waals surface area (Å²) in [4.78, 5) is 18.1. The first kappa shape index (κ1) is 17.9. The second kappa shape index (κ2) is 7.17. The predicted octanol–water partition coefficient (Wildman–Crippen LogP) is 0.0922. The van der Waals surface area contributed by atoms with Gasteiger partial charge in [-0.25, -0.2) is 0 Å². The molecule has 1 aromatic carbocycles. The van der Waals surface area contributed by atoms with E-state index in [1.807, 2.05) is 12.1 Å². The van der Waals surface area contributed by atoms with Gasteiger partial charge in [-0.15, -0.1) is 0 Å². The molecule has 2 aliphatic heterocycles. The number of carbonyl (C=O) groups excluding carboxylic acids is 1. The van der Waals surface area contributed by atoms with Gasteiger partial charge in [0.15, 0.2) is 16.6 Å². The summed E-state index contributed by atoms with van der Waals surface area (Å²) in [5, 5.41) is 0.657. The number of hydrogen-bond donors (Lipinski definition) is 1. The number of methoxy groups -OCH3 is 2. The summed E-state index contributed by atoms with van der Waals surface area (Å²) < 4.78 is 10.8. The van der Waals surface area contributed by atoms with Crippen LogP contribution in [-0.4, -0.2) is 68.3 Å². The summed E-state index contributed by atoms with van der Waals surface area (Å²) in [6.45, 7) is 2.35. The quantitative estimate of drug-likeness (QED) is 0.725. The number of rotatable bonds is 6. The molecule has 0 saturated carbocycles. The number of nitrogens with one attached hydrogen (secondary N) is 1. The minimum absolute atomic E-state index is 0.124. The summed E-state index contributed by atoms with van der Waals surface area (Å²) in [6, 6.07) is 3.79. The van der Waals surface area contributed by atoms with Crippen molar-refractivity contribution in [3.05, 3.63) is 23.3 Å². The van der Waals surface area contributed by atoms with Gasteiger partial charge >= 0.3 is 0 Å². The van der Waals surface area contributed by atoms with Gasteiger partial charge in [-0.3, -0.25) is 9.69 Å². The molecule has 6 nitrogen and oxygen atoms in total. The number of carbonyl (C=O) groups is 1. The lowest BCUT2D eigenvalue weighted by molar-refractivity contribution is -0.858. The van der Waals surface area contributed by atoms with Crippen molar-refractivity contribution in [1.29, 1.82) is 0 Å². The molecule has 0 unspecified atom stereocenters. The van der Waals surface area contributed by atoms with Crippen LogP contribution < -0.4 is 14.4 Å². The third kappa shape index (κ3) is 3.30. The molecular weight excluding hydrogens is 338 g/mol. The van der Waals surface area contributed by atoms with Crippen LogP contribution in [-0.2, 0) is 17.8 Å². The average Bonchev–Trinajstić information content (AvgIpc) is 2.82. The van der Waals surface area contributed by atoms with Gasteiger partial charge in [-0.2, -0.15) is 0 Å². The van der Waals surface area contributed by atoms with Crippen molar-refractivity contribution in [3.8, 4) is 11.5 Å². The number of hydrogen-bond acceptors (Lipinski definition) is 4. The normalized spacial score (nSPS) is 19.3. The zero-order valence-electron chi connectivity index (χ0n) is 15.3. The second-order valence-electron chi connectivity index (χ2n) is 6.91. The van der Waals surface area contributed by atoms with E-state index in [0.717, 1.165) is 24.1 Å². The molecular formula is C18H26N3O3S+. The van der Waals surface area contributed by atoms with Crippen LogP contribution in [0.25, 0.3) is 0 Å². The lowest BCUT2D eigenvalue weighted by Crippen LogP contribution is -3.05. The van der Waals surface area contributed by atoms with Crippen molar-refractivity contribution in [2.45, 2.75) is 25.4 Å². The molecule has 1 saturated heterocycles. The maximum Gasteiger partial charge on any atom is 0.251 e. The highest BCUT2D eigenvalue weighted by Crippen LogP contribution is 2.37. The Kier molecular flexibility index (Phi) is 5.15. The van der Waals surface area contributed by atoms with E-state index in [9.17, 15) is 4.79 Å². The van der Waals surface area contributed by atoms with Crippen molar-refractivity contribution < 1.29 is 19.2 Å². The Morgan fingerprint density at radius 2 is 1.84 bits per heavy atom. The Bertz CT molecular complexity index is 641. The van der Waals surface area contributed by atoms with Crippen LogP contribution in [0.5, 0.6) is 11.5 Å². The SMILES string of the molecule is COc1cc2c(cc1OC)CN1C(=S)N(CCC[NH+](C)C)C(=O)[C@@H]1C2. The zero-order chi connectivity index (χ0) is 18.1. The van der Waals surface area contributed by atoms with E-state index in [-0.39, 0.29) is 11.9 Å². The Morgan fingerprint density at radius 1 is 1.20 bits per heavy atom. The van der Waals surface area contributed by atoms with E-state index in [4.69, 9.17) is 21.7 Å². The molecule has 136 valence electrons. The predicted molar refractivity (Wildman–Crippen MR) is 99.2 cm³/mol. The van der Waals surface area contributed by atoms with Crippen LogP contribution in [0.4, 0.5) is 0 Å². The molecule has 1 amide bonds. The van der Waals surface area contributed by atoms with E-state index in [1.54, 1.807) is 19.1 Å². The van der Waals surface area contributed by atoms with Crippen molar-refractivity contribution in [3.63, 3.8) is 0 Å². The number of benzene rings is 1. The third-order valence-corrected chi connectivity index (χ3v) is 5.38. The van der Waals surface area contributed by atoms with Gasteiger partial charge < -0.3 is 19.3 Å². The van der Waals surface area contributed by atoms with E-state index >= 15 is 0 Å². The molecule has 0 spiro atoms. The number of fused-ring (bicyclic) bond motifs is 2. The maximum absolute atomic E-state index is 12.8. The number of nitrogens with zero attached hydrogens (tertiary/aromatic N) is 2. The van der Waals surface area contributed by atoms with Gasteiger partial charge in [-0.1, -0.05) is 0 Å². The van der Waals surface area contributed by atoms with Gasteiger partial charge in [0.1, 0.15) is 6.04 Å². The zero-order valence-corrected chi connectivity index (χ0v) is 16.1. The van der Waals surface area contributed by atoms with E-state index in [0.29, 0.717) is 36.1 Å². The van der Waals surface area contributed by atoms with E-state index in [1.165, 1.54) is 4.90 Å². The van der Waals surface area contributed by atoms with Crippen molar-refractivity contribution >= 4 is 23.2 Å². The summed E-state index contributed by atoms with van der Waals surface area (Å²) in [6.07, 6.45) is 1.60. The Morgan fingerprint density at radius 3 is 2.44 bits per heavy atom. The van der Waals surface area contributed by atoms with E-state index in [2.05, 4.69) is 19.0 Å². The molecule has 1 fully saturated rings. The Hall–Kier alpha value is -1.86. The third-order valence-electron chi connectivity index (χ3n) is 4.92. The molecule has 1 N–H and O–H groups in total. The second-order valence-corrected chi connectivity index (χ2v) is 7.27. The van der Waals surface area contributed by atoms with Crippen molar-refractivity contribution in [1.82, 2.24) is 9.80 Å². The van der Waals surface area contributed by atoms with Gasteiger partial charge in [0.25, 0.3) is 5.91 Å². The summed E-state index contributed by atoms with van der Waals surface area (Å²) in [5.74, 6) is 1.54. The fourth-order valence-corrected chi connectivity index (χ4v) is 3.93. The molecule has 7 heteroatoms. The maximum atomic E-state index is 12.8. The Balaban J connectivity index is 1.80. The molecule has 2 aliphatic rings. The van der Waals surface area contributed by atoms with Crippen LogP contribution in [0.1, 0.15) is 17.5 Å². The molecule has 25 heavy (non-hydrogen) atoms. The summed E-state index contributed by atoms with van der Waals surface area (Å²) in [7, 11) is 7.49.